The van der Waals surface area contributed by atoms with Crippen molar-refractivity contribution in [1.82, 2.24) is 25.4 Å². The van der Waals surface area contributed by atoms with E-state index in [0.717, 1.165) is 10.9 Å². The molecule has 0 bridgehead atoms. The Morgan fingerprint density at radius 3 is 2.95 bits per heavy atom. The molecule has 0 fully saturated rings. The minimum Gasteiger partial charge on any atom is -0.360 e. The third-order valence-corrected chi connectivity index (χ3v) is 4.05. The molecule has 7 heteroatoms. The van der Waals surface area contributed by atoms with Crippen LogP contribution in [0.25, 0.3) is 22.3 Å². The maximum Gasteiger partial charge on any atom is 0.223 e. The highest BCUT2D eigenvalue weighted by Gasteiger charge is 2.18. The molecule has 6 nitrogen and oxygen atoms in total. The summed E-state index contributed by atoms with van der Waals surface area (Å²) in [5.74, 6) is -0.0906. The Kier molecular flexibility index (Phi) is 2.65. The van der Waals surface area contributed by atoms with E-state index in [1.54, 1.807) is 17.8 Å². The quantitative estimate of drug-likeness (QED) is 0.569. The summed E-state index contributed by atoms with van der Waals surface area (Å²) in [6, 6.07) is 7.70. The van der Waals surface area contributed by atoms with E-state index in [1.807, 2.05) is 24.3 Å². The third-order valence-electron chi connectivity index (χ3n) is 3.21. The van der Waals surface area contributed by atoms with E-state index in [1.165, 1.54) is 11.3 Å². The average molecular weight is 295 g/mol. The lowest BCUT2D eigenvalue weighted by molar-refractivity contribution is 0.104. The number of ketones is 1. The largest absolute Gasteiger partial charge is 0.360 e. The Morgan fingerprint density at radius 2 is 2.10 bits per heavy atom. The maximum absolute atomic E-state index is 12.6. The predicted octanol–water partition coefficient (Wildman–Crippen LogP) is 2.64. The number of nitrogens with one attached hydrogen (secondary N) is 2. The first-order valence-corrected chi connectivity index (χ1v) is 7.13. The highest BCUT2D eigenvalue weighted by atomic mass is 32.1. The van der Waals surface area contributed by atoms with Crippen LogP contribution >= 0.6 is 11.3 Å². The van der Waals surface area contributed by atoms with Gasteiger partial charge in [-0.2, -0.15) is 15.4 Å². The number of rotatable bonds is 3. The summed E-state index contributed by atoms with van der Waals surface area (Å²) in [4.78, 5) is 20.0. The highest BCUT2D eigenvalue weighted by molar-refractivity contribution is 7.12. The summed E-state index contributed by atoms with van der Waals surface area (Å²) in [7, 11) is 0. The Bertz CT molecular complexity index is 922. The number of fused-ring (bicyclic) bond motifs is 1. The van der Waals surface area contributed by atoms with Crippen LogP contribution in [0.1, 0.15) is 15.4 Å². The first-order valence-electron chi connectivity index (χ1n) is 6.25. The van der Waals surface area contributed by atoms with Crippen molar-refractivity contribution in [2.75, 3.05) is 0 Å². The van der Waals surface area contributed by atoms with E-state index >= 15 is 0 Å². The number of hydrogen-bond donors (Lipinski definition) is 2. The van der Waals surface area contributed by atoms with Gasteiger partial charge >= 0.3 is 0 Å². The monoisotopic (exact) mass is 295 g/mol. The molecule has 0 unspecified atom stereocenters. The second kappa shape index (κ2) is 4.64. The normalized spacial score (nSPS) is 11.0. The second-order valence-electron chi connectivity index (χ2n) is 4.47. The van der Waals surface area contributed by atoms with Crippen molar-refractivity contribution in [3.8, 4) is 11.4 Å². The lowest BCUT2D eigenvalue weighted by Crippen LogP contribution is -1.99. The zero-order valence-electron chi connectivity index (χ0n) is 10.7. The number of aromatic amines is 2. The van der Waals surface area contributed by atoms with Gasteiger partial charge in [-0.05, 0) is 6.07 Å². The second-order valence-corrected chi connectivity index (χ2v) is 5.33. The number of para-hydroxylation sites is 1. The fourth-order valence-electron chi connectivity index (χ4n) is 2.20. The molecule has 0 saturated heterocycles. The summed E-state index contributed by atoms with van der Waals surface area (Å²) in [6.45, 7) is 0. The number of carbonyl (C=O) groups is 1. The van der Waals surface area contributed by atoms with Crippen LogP contribution in [-0.2, 0) is 0 Å². The molecule has 0 radical (unpaired) electrons. The zero-order chi connectivity index (χ0) is 14.2. The van der Waals surface area contributed by atoms with Crippen LogP contribution in [0.5, 0.6) is 0 Å². The van der Waals surface area contributed by atoms with E-state index < -0.39 is 0 Å². The molecule has 1 aromatic carbocycles. The summed E-state index contributed by atoms with van der Waals surface area (Å²) in [5.41, 5.74) is 2.85. The highest BCUT2D eigenvalue weighted by Crippen LogP contribution is 2.24. The SMILES string of the molecule is O=C(c1nc(-c2cn[nH]n2)cs1)c1c[nH]c2ccccc12. The number of carbonyl (C=O) groups excluding carboxylic acids is 1. The Balaban J connectivity index is 1.75. The van der Waals surface area contributed by atoms with Gasteiger partial charge in [0, 0.05) is 22.5 Å². The van der Waals surface area contributed by atoms with Gasteiger partial charge in [0.2, 0.25) is 5.78 Å². The van der Waals surface area contributed by atoms with Crippen molar-refractivity contribution >= 4 is 28.0 Å². The smallest absolute Gasteiger partial charge is 0.223 e. The van der Waals surface area contributed by atoms with Crippen molar-refractivity contribution in [3.63, 3.8) is 0 Å². The molecule has 0 aliphatic carbocycles. The van der Waals surface area contributed by atoms with Gasteiger partial charge in [0.15, 0.2) is 5.01 Å². The van der Waals surface area contributed by atoms with Crippen LogP contribution in [0.2, 0.25) is 0 Å². The molecular weight excluding hydrogens is 286 g/mol. The molecule has 21 heavy (non-hydrogen) atoms. The number of benzene rings is 1. The first kappa shape index (κ1) is 12.0. The Labute approximate surface area is 122 Å². The van der Waals surface area contributed by atoms with E-state index in [-0.39, 0.29) is 5.78 Å². The van der Waals surface area contributed by atoms with Gasteiger partial charge in [-0.1, -0.05) is 18.2 Å². The third kappa shape index (κ3) is 1.95. The molecule has 0 saturated carbocycles. The number of nitrogens with zero attached hydrogens (tertiary/aromatic N) is 3. The Morgan fingerprint density at radius 1 is 1.19 bits per heavy atom. The van der Waals surface area contributed by atoms with Gasteiger partial charge in [-0.15, -0.1) is 11.3 Å². The van der Waals surface area contributed by atoms with Gasteiger partial charge in [0.25, 0.3) is 0 Å². The minimum absolute atomic E-state index is 0.0906. The van der Waals surface area contributed by atoms with Crippen LogP contribution in [0.4, 0.5) is 0 Å². The summed E-state index contributed by atoms with van der Waals surface area (Å²) >= 11 is 1.31. The van der Waals surface area contributed by atoms with Crippen LogP contribution in [0.3, 0.4) is 0 Å². The molecule has 4 aromatic rings. The molecule has 4 rings (SSSR count). The molecule has 0 atom stereocenters. The maximum atomic E-state index is 12.6. The molecule has 3 heterocycles. The predicted molar refractivity (Wildman–Crippen MR) is 79.2 cm³/mol. The molecule has 102 valence electrons. The van der Waals surface area contributed by atoms with Crippen LogP contribution < -0.4 is 0 Å². The first-order chi connectivity index (χ1) is 10.3. The van der Waals surface area contributed by atoms with Gasteiger partial charge < -0.3 is 4.98 Å². The fraction of sp³-hybridized carbons (Fsp3) is 0. The molecule has 0 spiro atoms. The summed E-state index contributed by atoms with van der Waals surface area (Å²) < 4.78 is 0. The molecule has 3 aromatic heterocycles. The van der Waals surface area contributed by atoms with Crippen LogP contribution in [0.15, 0.2) is 42.0 Å². The summed E-state index contributed by atoms with van der Waals surface area (Å²) in [6.07, 6.45) is 3.30. The van der Waals surface area contributed by atoms with Crippen molar-refractivity contribution in [1.29, 1.82) is 0 Å². The average Bonchev–Trinajstić information content (AvgIpc) is 3.25. The Hall–Kier alpha value is -2.80. The van der Waals surface area contributed by atoms with Gasteiger partial charge in [0.05, 0.1) is 11.8 Å². The summed E-state index contributed by atoms with van der Waals surface area (Å²) in [5, 5.41) is 13.4. The fourth-order valence-corrected chi connectivity index (χ4v) is 2.96. The number of hydrogen-bond acceptors (Lipinski definition) is 5. The lowest BCUT2D eigenvalue weighted by Gasteiger charge is -1.94. The van der Waals surface area contributed by atoms with Crippen LogP contribution in [-0.4, -0.2) is 31.2 Å². The van der Waals surface area contributed by atoms with Gasteiger partial charge in [0.1, 0.15) is 11.4 Å². The minimum atomic E-state index is -0.0906. The topological polar surface area (TPSA) is 87.3 Å². The molecular formula is C14H9N5OS. The number of H-pyrrole nitrogens is 2. The van der Waals surface area contributed by atoms with Gasteiger partial charge in [-0.3, -0.25) is 4.79 Å². The van der Waals surface area contributed by atoms with Crippen molar-refractivity contribution < 1.29 is 4.79 Å². The van der Waals surface area contributed by atoms with E-state index in [2.05, 4.69) is 25.4 Å². The van der Waals surface area contributed by atoms with Crippen molar-refractivity contribution in [2.24, 2.45) is 0 Å². The molecule has 0 aliphatic heterocycles. The molecule has 0 aliphatic rings. The van der Waals surface area contributed by atoms with Crippen LogP contribution in [0, 0.1) is 0 Å². The standard InChI is InChI=1S/C14H9N5OS/c20-13(9-5-15-10-4-2-1-3-8(9)10)14-17-12(7-21-14)11-6-16-19-18-11/h1-7,15H,(H,16,18,19). The zero-order valence-corrected chi connectivity index (χ0v) is 11.5. The van der Waals surface area contributed by atoms with E-state index in [0.29, 0.717) is 22.0 Å². The van der Waals surface area contributed by atoms with Crippen molar-refractivity contribution in [3.05, 3.63) is 52.6 Å². The molecule has 0 amide bonds. The molecule has 2 N–H and O–H groups in total. The number of aromatic nitrogens is 5. The van der Waals surface area contributed by atoms with E-state index in [4.69, 9.17) is 0 Å². The number of thiazole rings is 1. The lowest BCUT2D eigenvalue weighted by atomic mass is 10.1. The van der Waals surface area contributed by atoms with E-state index in [9.17, 15) is 4.79 Å². The van der Waals surface area contributed by atoms with Crippen molar-refractivity contribution in [2.45, 2.75) is 0 Å². The van der Waals surface area contributed by atoms with Gasteiger partial charge in [-0.25, -0.2) is 4.98 Å².